The van der Waals surface area contributed by atoms with Crippen molar-refractivity contribution in [3.63, 3.8) is 0 Å². The van der Waals surface area contributed by atoms with Crippen LogP contribution >= 0.6 is 0 Å². The van der Waals surface area contributed by atoms with Crippen molar-refractivity contribution in [2.45, 2.75) is 0 Å². The van der Waals surface area contributed by atoms with Crippen molar-refractivity contribution in [2.75, 3.05) is 0 Å². The van der Waals surface area contributed by atoms with Crippen molar-refractivity contribution in [1.82, 2.24) is 0 Å². The van der Waals surface area contributed by atoms with E-state index in [0.717, 1.165) is 0 Å². The smallest absolute Gasteiger partial charge is 0.0625 e. The Bertz CT molecular complexity index is 2850. The molecule has 12 aromatic rings. The fourth-order valence-electron chi connectivity index (χ4n) is 14.5. The fourth-order valence-corrected chi connectivity index (χ4v) is 144. The molecule has 0 aromatic heterocycles. The van der Waals surface area contributed by atoms with E-state index >= 15 is 0 Å². The van der Waals surface area contributed by atoms with Gasteiger partial charge in [-0.15, -0.1) is 0 Å². The van der Waals surface area contributed by atoms with Crippen LogP contribution in [0.5, 0.6) is 0 Å². The molecule has 0 fully saturated rings. The van der Waals surface area contributed by atoms with Gasteiger partial charge in [0.05, 0.1) is 6.14 Å². The Labute approximate surface area is 459 Å². The highest BCUT2D eigenvalue weighted by Gasteiger charge is 2.87. The SMILES string of the molecule is c1ccc([Si](c2ccccc2)(c2ccccc2)[Si]([Si](c2ccccc2)(c2ccccc2)c2ccccc2)([Si](c2ccccc2)(c2ccccc2)c2ccccc2)[Si](c2ccccc2)(c2ccccc2)c2ccccc2)cc1. The van der Waals surface area contributed by atoms with Crippen molar-refractivity contribution in [1.29, 1.82) is 0 Å². The van der Waals surface area contributed by atoms with Crippen LogP contribution in [-0.4, -0.2) is 36.5 Å². The highest BCUT2D eigenvalue weighted by atomic mass is 30.2. The summed E-state index contributed by atoms with van der Waals surface area (Å²) < 4.78 is 0. The van der Waals surface area contributed by atoms with Gasteiger partial charge >= 0.3 is 0 Å². The summed E-state index contributed by atoms with van der Waals surface area (Å²) in [5, 5.41) is 17.4. The molecule has 5 heteroatoms. The van der Waals surface area contributed by atoms with Crippen LogP contribution in [0.15, 0.2) is 364 Å². The Morgan fingerprint density at radius 2 is 0.182 bits per heavy atom. The van der Waals surface area contributed by atoms with Gasteiger partial charge in [-0.2, -0.15) is 0 Å². The largest absolute Gasteiger partial charge is 0.136 e. The average Bonchev–Trinajstić information content (AvgIpc) is 3.71. The zero-order valence-corrected chi connectivity index (χ0v) is 48.1. The summed E-state index contributed by atoms with van der Waals surface area (Å²) in [5.41, 5.74) is 0. The van der Waals surface area contributed by atoms with Crippen LogP contribution in [0.1, 0.15) is 0 Å². The third-order valence-electron chi connectivity index (χ3n) is 16.7. The molecule has 0 radical (unpaired) electrons. The Hall–Kier alpha value is -8.28. The Morgan fingerprint density at radius 1 is 0.104 bits per heavy atom. The monoisotopic (exact) mass is 1060 g/mol. The molecule has 0 saturated heterocycles. The van der Waals surface area contributed by atoms with E-state index in [-0.39, 0.29) is 0 Å². The lowest BCUT2D eigenvalue weighted by Gasteiger charge is -2.72. The molecule has 0 N–H and O–H groups in total. The second-order valence-corrected chi connectivity index (χ2v) is 61.6. The molecular weight excluding hydrogens is 1010 g/mol. The highest BCUT2D eigenvalue weighted by molar-refractivity contribution is 8.19. The van der Waals surface area contributed by atoms with Gasteiger partial charge in [-0.1, -0.05) is 426 Å². The molecule has 0 aliphatic carbocycles. The summed E-state index contributed by atoms with van der Waals surface area (Å²) in [7, 11) is -15.7. The normalized spacial score (nSPS) is 12.2. The van der Waals surface area contributed by atoms with E-state index in [0.29, 0.717) is 0 Å². The topological polar surface area (TPSA) is 0 Å². The van der Waals surface area contributed by atoms with Gasteiger partial charge in [0.1, 0.15) is 30.4 Å². The molecule has 0 amide bonds. The molecule has 0 aliphatic heterocycles. The minimum Gasteiger partial charge on any atom is -0.0625 e. The van der Waals surface area contributed by atoms with Gasteiger partial charge in [-0.25, -0.2) is 0 Å². The first-order chi connectivity index (χ1) is 38.3. The third-order valence-corrected chi connectivity index (χ3v) is 100. The predicted molar refractivity (Wildman–Crippen MR) is 342 cm³/mol. The molecule has 0 spiro atoms. The molecule has 0 nitrogen and oxygen atoms in total. The summed E-state index contributed by atoms with van der Waals surface area (Å²) in [6, 6.07) is 146. The lowest BCUT2D eigenvalue weighted by molar-refractivity contribution is 1.66. The van der Waals surface area contributed by atoms with Gasteiger partial charge in [-0.05, 0) is 0 Å². The van der Waals surface area contributed by atoms with E-state index in [4.69, 9.17) is 0 Å². The minimum atomic E-state index is -4.25. The molecule has 12 aromatic carbocycles. The minimum absolute atomic E-state index is 1.45. The lowest BCUT2D eigenvalue weighted by Crippen LogP contribution is -3.17. The summed E-state index contributed by atoms with van der Waals surface area (Å²) in [4.78, 5) is 0. The molecule has 77 heavy (non-hydrogen) atoms. The first-order valence-corrected chi connectivity index (χ1v) is 40.9. The summed E-state index contributed by atoms with van der Waals surface area (Å²) in [6.07, 6.45) is -4.25. The van der Waals surface area contributed by atoms with Gasteiger partial charge in [0.2, 0.25) is 0 Å². The van der Waals surface area contributed by atoms with Gasteiger partial charge in [0.15, 0.2) is 0 Å². The first kappa shape index (κ1) is 49.6. The second-order valence-electron chi connectivity index (χ2n) is 20.1. The standard InChI is InChI=1S/C72H60Si5/c1-13-37-61(38-14-1)73(62-39-15-2-16-40-62,63-41-17-3-18-42-63)77(74(64-43-19-4-20-44-64,65-45-21-5-22-46-65)66-47-23-6-24-48-66,75(67-49-25-7-26-50-67,68-51-27-8-28-52-68)69-53-29-9-30-54-69)76(70-55-31-10-32-56-70,71-57-33-11-34-58-71)72-59-35-12-36-60-72/h1-60H. The van der Waals surface area contributed by atoms with Gasteiger partial charge < -0.3 is 0 Å². The first-order valence-electron chi connectivity index (χ1n) is 26.9. The second kappa shape index (κ2) is 21.8. The zero-order valence-electron chi connectivity index (χ0n) is 43.1. The van der Waals surface area contributed by atoms with E-state index in [1.165, 1.54) is 62.2 Å². The van der Waals surface area contributed by atoms with Crippen LogP contribution in [0.25, 0.3) is 0 Å². The number of rotatable bonds is 16. The van der Waals surface area contributed by atoms with Crippen LogP contribution in [0.2, 0.25) is 0 Å². The number of hydrogen-bond donors (Lipinski definition) is 0. The Morgan fingerprint density at radius 3 is 0.260 bits per heavy atom. The van der Waals surface area contributed by atoms with Crippen LogP contribution in [0.4, 0.5) is 0 Å². The van der Waals surface area contributed by atoms with E-state index in [1.807, 2.05) is 0 Å². The van der Waals surface area contributed by atoms with Gasteiger partial charge in [0, 0.05) is 0 Å². The van der Waals surface area contributed by atoms with Gasteiger partial charge in [-0.3, -0.25) is 0 Å². The maximum Gasteiger partial charge on any atom is 0.136 e. The van der Waals surface area contributed by atoms with E-state index in [1.54, 1.807) is 0 Å². The molecule has 0 saturated carbocycles. The van der Waals surface area contributed by atoms with Crippen LogP contribution in [0, 0.1) is 0 Å². The molecule has 0 unspecified atom stereocenters. The van der Waals surface area contributed by atoms with Gasteiger partial charge in [0.25, 0.3) is 0 Å². The quantitative estimate of drug-likeness (QED) is 0.0675. The van der Waals surface area contributed by atoms with E-state index in [2.05, 4.69) is 364 Å². The zero-order chi connectivity index (χ0) is 51.9. The lowest BCUT2D eigenvalue weighted by atomic mass is 10.3. The maximum atomic E-state index is 2.59. The van der Waals surface area contributed by atoms with Crippen molar-refractivity contribution in [3.8, 4) is 0 Å². The number of hydrogen-bond acceptors (Lipinski definition) is 0. The molecular formula is C72H60Si5. The van der Waals surface area contributed by atoms with E-state index < -0.39 is 36.5 Å². The summed E-state index contributed by atoms with van der Waals surface area (Å²) >= 11 is 0. The van der Waals surface area contributed by atoms with Crippen molar-refractivity contribution >= 4 is 98.8 Å². The highest BCUT2D eigenvalue weighted by Crippen LogP contribution is 2.44. The van der Waals surface area contributed by atoms with E-state index in [9.17, 15) is 0 Å². The molecule has 0 aliphatic rings. The number of benzene rings is 12. The maximum absolute atomic E-state index is 4.25. The van der Waals surface area contributed by atoms with Crippen LogP contribution < -0.4 is 62.2 Å². The van der Waals surface area contributed by atoms with Crippen molar-refractivity contribution in [3.05, 3.63) is 364 Å². The fraction of sp³-hybridized carbons (Fsp3) is 0. The van der Waals surface area contributed by atoms with Crippen molar-refractivity contribution < 1.29 is 0 Å². The predicted octanol–water partition coefficient (Wildman–Crippen LogP) is 8.43. The molecule has 12 rings (SSSR count). The summed E-state index contributed by atoms with van der Waals surface area (Å²) in [6.45, 7) is 0. The average molecular weight is 1070 g/mol. The molecule has 368 valence electrons. The Kier molecular flexibility index (Phi) is 14.0. The summed E-state index contributed by atoms with van der Waals surface area (Å²) in [5.74, 6) is 0. The van der Waals surface area contributed by atoms with Crippen LogP contribution in [0.3, 0.4) is 0 Å². The molecule has 0 atom stereocenters. The third kappa shape index (κ3) is 7.64. The molecule has 0 bridgehead atoms. The molecule has 0 heterocycles. The van der Waals surface area contributed by atoms with Crippen molar-refractivity contribution in [2.24, 2.45) is 0 Å². The Balaban J connectivity index is 1.64. The van der Waals surface area contributed by atoms with Crippen LogP contribution in [-0.2, 0) is 0 Å².